The molecule has 1 rings (SSSR count). The lowest BCUT2D eigenvalue weighted by Gasteiger charge is -2.27. The molecule has 19 heavy (non-hydrogen) atoms. The molecule has 108 valence electrons. The molecule has 0 aliphatic rings. The van der Waals surface area contributed by atoms with Gasteiger partial charge in [-0.05, 0) is 40.9 Å². The SMILES string of the molecule is CC(C)C(C)N(C)S(=O)(=O)c1cc(Br)c(F)cc1N. The molecule has 1 unspecified atom stereocenters. The van der Waals surface area contributed by atoms with Gasteiger partial charge in [0.2, 0.25) is 10.0 Å². The first-order chi connectivity index (χ1) is 8.59. The molecule has 1 aromatic rings. The maximum atomic E-state index is 13.3. The smallest absolute Gasteiger partial charge is 0.245 e. The van der Waals surface area contributed by atoms with Crippen molar-refractivity contribution in [1.29, 1.82) is 0 Å². The molecule has 1 aromatic carbocycles. The first kappa shape index (κ1) is 16.4. The van der Waals surface area contributed by atoms with Gasteiger partial charge in [0.15, 0.2) is 0 Å². The summed E-state index contributed by atoms with van der Waals surface area (Å²) in [4.78, 5) is -0.0872. The predicted molar refractivity (Wildman–Crippen MR) is 77.8 cm³/mol. The van der Waals surface area contributed by atoms with E-state index in [2.05, 4.69) is 15.9 Å². The van der Waals surface area contributed by atoms with Crippen LogP contribution in [0, 0.1) is 11.7 Å². The molecule has 0 spiro atoms. The summed E-state index contributed by atoms with van der Waals surface area (Å²) in [5.41, 5.74) is 5.53. The van der Waals surface area contributed by atoms with Crippen LogP contribution in [0.4, 0.5) is 10.1 Å². The van der Waals surface area contributed by atoms with Gasteiger partial charge in [0.05, 0.1) is 10.2 Å². The minimum absolute atomic E-state index is 0.0749. The lowest BCUT2D eigenvalue weighted by molar-refractivity contribution is 0.316. The van der Waals surface area contributed by atoms with Crippen LogP contribution < -0.4 is 5.73 Å². The lowest BCUT2D eigenvalue weighted by atomic mass is 10.1. The average molecular weight is 353 g/mol. The Balaban J connectivity index is 3.32. The summed E-state index contributed by atoms with van der Waals surface area (Å²) < 4.78 is 39.6. The number of halogens is 2. The Kier molecular flexibility index (Phi) is 4.97. The van der Waals surface area contributed by atoms with E-state index in [4.69, 9.17) is 5.73 Å². The number of anilines is 1. The molecule has 0 aliphatic heterocycles. The van der Waals surface area contributed by atoms with Gasteiger partial charge in [0.1, 0.15) is 10.7 Å². The molecule has 0 heterocycles. The first-order valence-corrected chi connectivity index (χ1v) is 8.05. The third kappa shape index (κ3) is 3.27. The molecule has 2 N–H and O–H groups in total. The van der Waals surface area contributed by atoms with Gasteiger partial charge >= 0.3 is 0 Å². The fourth-order valence-corrected chi connectivity index (χ4v) is 3.67. The van der Waals surface area contributed by atoms with E-state index in [1.807, 2.05) is 20.8 Å². The Hall–Kier alpha value is -0.660. The van der Waals surface area contributed by atoms with E-state index in [-0.39, 0.29) is 27.0 Å². The molecule has 1 atom stereocenters. The summed E-state index contributed by atoms with van der Waals surface area (Å²) in [5, 5.41) is 0. The number of hydrogen-bond acceptors (Lipinski definition) is 3. The summed E-state index contributed by atoms with van der Waals surface area (Å²) >= 11 is 2.97. The third-order valence-electron chi connectivity index (χ3n) is 3.25. The Bertz CT molecular complexity index is 575. The largest absolute Gasteiger partial charge is 0.398 e. The molecule has 0 radical (unpaired) electrons. The number of rotatable bonds is 4. The van der Waals surface area contributed by atoms with Gasteiger partial charge < -0.3 is 5.73 Å². The van der Waals surface area contributed by atoms with Gasteiger partial charge in [-0.2, -0.15) is 4.31 Å². The maximum Gasteiger partial charge on any atom is 0.245 e. The molecule has 0 saturated carbocycles. The number of nitrogen functional groups attached to an aromatic ring is 1. The normalized spacial score (nSPS) is 14.1. The van der Waals surface area contributed by atoms with Gasteiger partial charge in [-0.1, -0.05) is 13.8 Å². The van der Waals surface area contributed by atoms with Crippen LogP contribution in [0.15, 0.2) is 21.5 Å². The average Bonchev–Trinajstić information content (AvgIpc) is 2.31. The zero-order valence-electron chi connectivity index (χ0n) is 11.3. The Labute approximate surface area is 122 Å². The van der Waals surface area contributed by atoms with Crippen molar-refractivity contribution < 1.29 is 12.8 Å². The highest BCUT2D eigenvalue weighted by Gasteiger charge is 2.29. The van der Waals surface area contributed by atoms with Crippen molar-refractivity contribution in [3.8, 4) is 0 Å². The van der Waals surface area contributed by atoms with Gasteiger partial charge in [0, 0.05) is 13.1 Å². The fourth-order valence-electron chi connectivity index (χ4n) is 1.56. The molecule has 0 saturated heterocycles. The van der Waals surface area contributed by atoms with Crippen LogP contribution in [-0.2, 0) is 10.0 Å². The molecule has 0 fully saturated rings. The quantitative estimate of drug-likeness (QED) is 0.847. The third-order valence-corrected chi connectivity index (χ3v) is 5.86. The van der Waals surface area contributed by atoms with Crippen LogP contribution in [0.5, 0.6) is 0 Å². The zero-order chi connectivity index (χ0) is 15.0. The number of benzene rings is 1. The van der Waals surface area contributed by atoms with E-state index >= 15 is 0 Å². The number of nitrogens with two attached hydrogens (primary N) is 1. The Morgan fingerprint density at radius 1 is 1.32 bits per heavy atom. The topological polar surface area (TPSA) is 63.4 Å². The fraction of sp³-hybridized carbons (Fsp3) is 0.500. The molecule has 0 aliphatic carbocycles. The molecule has 0 bridgehead atoms. The van der Waals surface area contributed by atoms with Crippen LogP contribution in [0.3, 0.4) is 0 Å². The van der Waals surface area contributed by atoms with Crippen LogP contribution in [0.25, 0.3) is 0 Å². The van der Waals surface area contributed by atoms with Crippen molar-refractivity contribution in [2.24, 2.45) is 5.92 Å². The lowest BCUT2D eigenvalue weighted by Crippen LogP contribution is -2.38. The second kappa shape index (κ2) is 5.76. The molecule has 0 aromatic heterocycles. The number of nitrogens with zero attached hydrogens (tertiary/aromatic N) is 1. The predicted octanol–water partition coefficient (Wildman–Crippen LogP) is 2.84. The summed E-state index contributed by atoms with van der Waals surface area (Å²) in [6, 6.07) is 2.02. The monoisotopic (exact) mass is 352 g/mol. The van der Waals surface area contributed by atoms with Crippen molar-refractivity contribution in [3.05, 3.63) is 22.4 Å². The van der Waals surface area contributed by atoms with E-state index in [0.717, 1.165) is 6.07 Å². The van der Waals surface area contributed by atoms with Gasteiger partial charge in [-0.15, -0.1) is 0 Å². The van der Waals surface area contributed by atoms with E-state index in [9.17, 15) is 12.8 Å². The Morgan fingerprint density at radius 2 is 1.84 bits per heavy atom. The molecule has 7 heteroatoms. The van der Waals surface area contributed by atoms with Gasteiger partial charge in [-0.3, -0.25) is 0 Å². The first-order valence-electron chi connectivity index (χ1n) is 5.81. The summed E-state index contributed by atoms with van der Waals surface area (Å²) in [6.07, 6.45) is 0. The van der Waals surface area contributed by atoms with Crippen molar-refractivity contribution in [2.45, 2.75) is 31.7 Å². The minimum Gasteiger partial charge on any atom is -0.398 e. The second-order valence-corrected chi connectivity index (χ2v) is 7.63. The standard InChI is InChI=1S/C12H18BrFN2O2S/c1-7(2)8(3)16(4)19(17,18)12-5-9(13)10(14)6-11(12)15/h5-8H,15H2,1-4H3. The number of sulfonamides is 1. The van der Waals surface area contributed by atoms with Gasteiger partial charge in [-0.25, -0.2) is 12.8 Å². The molecular weight excluding hydrogens is 335 g/mol. The molecule has 4 nitrogen and oxygen atoms in total. The summed E-state index contributed by atoms with van der Waals surface area (Å²) in [7, 11) is -2.24. The summed E-state index contributed by atoms with van der Waals surface area (Å²) in [5.74, 6) is -0.430. The highest BCUT2D eigenvalue weighted by atomic mass is 79.9. The number of hydrogen-bond donors (Lipinski definition) is 1. The maximum absolute atomic E-state index is 13.3. The van der Waals surface area contributed by atoms with E-state index in [1.165, 1.54) is 17.4 Å². The van der Waals surface area contributed by atoms with Crippen molar-refractivity contribution in [2.75, 3.05) is 12.8 Å². The highest BCUT2D eigenvalue weighted by Crippen LogP contribution is 2.29. The summed E-state index contributed by atoms with van der Waals surface area (Å²) in [6.45, 7) is 5.68. The second-order valence-electron chi connectivity index (χ2n) is 4.81. The van der Waals surface area contributed by atoms with Crippen LogP contribution in [0.2, 0.25) is 0 Å². The van der Waals surface area contributed by atoms with Crippen LogP contribution in [0.1, 0.15) is 20.8 Å². The van der Waals surface area contributed by atoms with E-state index < -0.39 is 15.8 Å². The zero-order valence-corrected chi connectivity index (χ0v) is 13.7. The Morgan fingerprint density at radius 3 is 2.32 bits per heavy atom. The van der Waals surface area contributed by atoms with Gasteiger partial charge in [0.25, 0.3) is 0 Å². The van der Waals surface area contributed by atoms with E-state index in [0.29, 0.717) is 0 Å². The van der Waals surface area contributed by atoms with Crippen LogP contribution >= 0.6 is 15.9 Å². The molecule has 0 amide bonds. The molecular formula is C12H18BrFN2O2S. The minimum atomic E-state index is -3.74. The van der Waals surface area contributed by atoms with Crippen molar-refractivity contribution in [3.63, 3.8) is 0 Å². The van der Waals surface area contributed by atoms with Crippen molar-refractivity contribution in [1.82, 2.24) is 4.31 Å². The van der Waals surface area contributed by atoms with E-state index in [1.54, 1.807) is 0 Å². The van der Waals surface area contributed by atoms with Crippen molar-refractivity contribution >= 4 is 31.6 Å². The van der Waals surface area contributed by atoms with Crippen LogP contribution in [-0.4, -0.2) is 25.8 Å². The highest BCUT2D eigenvalue weighted by molar-refractivity contribution is 9.10.